The van der Waals surface area contributed by atoms with E-state index in [2.05, 4.69) is 34.0 Å². The Morgan fingerprint density at radius 1 is 1.45 bits per heavy atom. The van der Waals surface area contributed by atoms with Crippen LogP contribution < -0.4 is 5.32 Å². The van der Waals surface area contributed by atoms with E-state index in [9.17, 15) is 4.39 Å². The molecule has 2 atom stereocenters. The van der Waals surface area contributed by atoms with Crippen molar-refractivity contribution in [3.63, 3.8) is 0 Å². The Kier molecular flexibility index (Phi) is 3.40. The molecule has 1 aromatic rings. The first kappa shape index (κ1) is 13.7. The van der Waals surface area contributed by atoms with Crippen molar-refractivity contribution in [3.05, 3.63) is 17.8 Å². The number of fused-ring (bicyclic) bond motifs is 1. The molecule has 110 valence electrons. The summed E-state index contributed by atoms with van der Waals surface area (Å²) in [5, 5.41) is 3.31. The van der Waals surface area contributed by atoms with E-state index >= 15 is 0 Å². The van der Waals surface area contributed by atoms with Gasteiger partial charge in [-0.15, -0.1) is 0 Å². The molecule has 0 saturated carbocycles. The second-order valence-electron chi connectivity index (χ2n) is 6.70. The number of halogens is 1. The first-order valence-corrected chi connectivity index (χ1v) is 7.48. The number of aryl methyl sites for hydroxylation is 1. The molecule has 1 N–H and O–H groups in total. The lowest BCUT2D eigenvalue weighted by atomic mass is 9.84. The van der Waals surface area contributed by atoms with Gasteiger partial charge in [-0.3, -0.25) is 4.90 Å². The molecule has 1 aromatic heterocycles. The molecular formula is C15H23FN4. The maximum absolute atomic E-state index is 13.8. The molecule has 2 fully saturated rings. The van der Waals surface area contributed by atoms with Crippen LogP contribution in [-0.4, -0.2) is 39.0 Å². The van der Waals surface area contributed by atoms with Gasteiger partial charge >= 0.3 is 0 Å². The first-order valence-electron chi connectivity index (χ1n) is 7.48. The van der Waals surface area contributed by atoms with E-state index in [-0.39, 0.29) is 17.4 Å². The van der Waals surface area contributed by atoms with Crippen molar-refractivity contribution in [1.82, 2.24) is 14.9 Å². The van der Waals surface area contributed by atoms with Crippen LogP contribution >= 0.6 is 0 Å². The minimum Gasteiger partial charge on any atom is -0.365 e. The van der Waals surface area contributed by atoms with Crippen molar-refractivity contribution < 1.29 is 4.39 Å². The minimum atomic E-state index is -0.359. The van der Waals surface area contributed by atoms with Gasteiger partial charge in [0.2, 0.25) is 0 Å². The Morgan fingerprint density at radius 2 is 2.25 bits per heavy atom. The van der Waals surface area contributed by atoms with Crippen LogP contribution in [0.5, 0.6) is 0 Å². The quantitative estimate of drug-likeness (QED) is 0.903. The van der Waals surface area contributed by atoms with Gasteiger partial charge in [0.25, 0.3) is 0 Å². The molecule has 3 rings (SSSR count). The molecule has 2 saturated heterocycles. The van der Waals surface area contributed by atoms with Crippen molar-refractivity contribution in [3.8, 4) is 0 Å². The van der Waals surface area contributed by atoms with Gasteiger partial charge < -0.3 is 5.32 Å². The molecule has 5 heteroatoms. The van der Waals surface area contributed by atoms with Crippen LogP contribution in [0, 0.1) is 12.7 Å². The predicted octanol–water partition coefficient (Wildman–Crippen LogP) is 2.74. The summed E-state index contributed by atoms with van der Waals surface area (Å²) < 4.78 is 13.8. The number of nitrogens with one attached hydrogen (secondary N) is 1. The second kappa shape index (κ2) is 4.95. The van der Waals surface area contributed by atoms with E-state index in [1.165, 1.54) is 25.6 Å². The summed E-state index contributed by atoms with van der Waals surface area (Å²) in [5.74, 6) is 0.596. The van der Waals surface area contributed by atoms with Crippen LogP contribution in [0.1, 0.15) is 45.4 Å². The zero-order valence-corrected chi connectivity index (χ0v) is 12.5. The third-order valence-corrected chi connectivity index (χ3v) is 4.66. The van der Waals surface area contributed by atoms with Gasteiger partial charge in [0.15, 0.2) is 11.6 Å². The molecule has 0 spiro atoms. The van der Waals surface area contributed by atoms with Crippen molar-refractivity contribution in [1.29, 1.82) is 0 Å². The summed E-state index contributed by atoms with van der Waals surface area (Å²) in [6.45, 7) is 7.57. The fourth-order valence-corrected chi connectivity index (χ4v) is 3.87. The Balaban J connectivity index is 1.76. The predicted molar refractivity (Wildman–Crippen MR) is 77.2 cm³/mol. The zero-order valence-electron chi connectivity index (χ0n) is 12.5. The highest BCUT2D eigenvalue weighted by atomic mass is 19.1. The third kappa shape index (κ3) is 2.51. The maximum Gasteiger partial charge on any atom is 0.183 e. The van der Waals surface area contributed by atoms with Crippen molar-refractivity contribution in [2.75, 3.05) is 11.9 Å². The number of rotatable bonds is 2. The number of nitrogens with zero attached hydrogens (tertiary/aromatic N) is 3. The largest absolute Gasteiger partial charge is 0.365 e. The lowest BCUT2D eigenvalue weighted by Crippen LogP contribution is -2.55. The monoisotopic (exact) mass is 278 g/mol. The fourth-order valence-electron chi connectivity index (χ4n) is 3.87. The molecule has 2 aliphatic rings. The van der Waals surface area contributed by atoms with Crippen LogP contribution in [0.2, 0.25) is 0 Å². The van der Waals surface area contributed by atoms with E-state index in [0.717, 1.165) is 12.8 Å². The first-order chi connectivity index (χ1) is 9.45. The Morgan fingerprint density at radius 3 is 3.05 bits per heavy atom. The normalized spacial score (nSPS) is 29.2. The smallest absolute Gasteiger partial charge is 0.183 e. The summed E-state index contributed by atoms with van der Waals surface area (Å²) in [7, 11) is 0. The molecule has 0 unspecified atom stereocenters. The van der Waals surface area contributed by atoms with Gasteiger partial charge in [-0.05, 0) is 53.0 Å². The third-order valence-electron chi connectivity index (χ3n) is 4.66. The number of aromatic nitrogens is 2. The van der Waals surface area contributed by atoms with Crippen molar-refractivity contribution in [2.24, 2.45) is 0 Å². The summed E-state index contributed by atoms with van der Waals surface area (Å²) in [4.78, 5) is 10.7. The van der Waals surface area contributed by atoms with Crippen molar-refractivity contribution >= 4 is 5.82 Å². The lowest BCUT2D eigenvalue weighted by molar-refractivity contribution is 0.0500. The highest BCUT2D eigenvalue weighted by Crippen LogP contribution is 2.38. The minimum absolute atomic E-state index is 0.176. The molecule has 0 bridgehead atoms. The number of hydrogen-bond donors (Lipinski definition) is 1. The highest BCUT2D eigenvalue weighted by molar-refractivity contribution is 5.36. The van der Waals surface area contributed by atoms with E-state index in [1.807, 2.05) is 0 Å². The van der Waals surface area contributed by atoms with Crippen LogP contribution in [0.3, 0.4) is 0 Å². The second-order valence-corrected chi connectivity index (χ2v) is 6.70. The molecule has 0 radical (unpaired) electrons. The average Bonchev–Trinajstić information content (AvgIpc) is 2.82. The van der Waals surface area contributed by atoms with Crippen LogP contribution in [-0.2, 0) is 0 Å². The molecule has 0 aromatic carbocycles. The van der Waals surface area contributed by atoms with E-state index in [1.54, 1.807) is 6.92 Å². The number of piperidine rings is 1. The van der Waals surface area contributed by atoms with Gasteiger partial charge in [0.1, 0.15) is 5.82 Å². The van der Waals surface area contributed by atoms with Crippen LogP contribution in [0.15, 0.2) is 6.20 Å². The SMILES string of the molecule is Cc1ncc(F)c(N[C@@H]2C[C@@H]3CCCN3C(C)(C)C2)n1. The number of hydrogen-bond acceptors (Lipinski definition) is 4. The summed E-state index contributed by atoms with van der Waals surface area (Å²) >= 11 is 0. The molecule has 4 nitrogen and oxygen atoms in total. The molecule has 2 aliphatic heterocycles. The van der Waals surface area contributed by atoms with Gasteiger partial charge in [-0.2, -0.15) is 0 Å². The van der Waals surface area contributed by atoms with E-state index in [4.69, 9.17) is 0 Å². The number of anilines is 1. The van der Waals surface area contributed by atoms with Crippen molar-refractivity contribution in [2.45, 2.75) is 64.1 Å². The summed E-state index contributed by atoms with van der Waals surface area (Å²) in [6.07, 6.45) is 5.88. The summed E-state index contributed by atoms with van der Waals surface area (Å²) in [6, 6.07) is 0.912. The Labute approximate surface area is 119 Å². The lowest BCUT2D eigenvalue weighted by Gasteiger charge is -2.47. The van der Waals surface area contributed by atoms with Gasteiger partial charge in [0.05, 0.1) is 6.20 Å². The van der Waals surface area contributed by atoms with Gasteiger partial charge in [0, 0.05) is 17.6 Å². The molecule has 3 heterocycles. The fraction of sp³-hybridized carbons (Fsp3) is 0.733. The zero-order chi connectivity index (χ0) is 14.3. The topological polar surface area (TPSA) is 41.1 Å². The standard InChI is InChI=1S/C15H23FN4/c1-10-17-9-13(16)14(18-10)19-11-7-12-5-4-6-20(12)15(2,3)8-11/h9,11-12H,4-8H2,1-3H3,(H,17,18,19)/t11-,12+/m1/s1. The van der Waals surface area contributed by atoms with Gasteiger partial charge in [-0.25, -0.2) is 14.4 Å². The van der Waals surface area contributed by atoms with Crippen LogP contribution in [0.4, 0.5) is 10.2 Å². The summed E-state index contributed by atoms with van der Waals surface area (Å²) in [5.41, 5.74) is 0.176. The highest BCUT2D eigenvalue weighted by Gasteiger charge is 2.42. The van der Waals surface area contributed by atoms with E-state index in [0.29, 0.717) is 17.7 Å². The molecule has 0 aliphatic carbocycles. The average molecular weight is 278 g/mol. The Bertz CT molecular complexity index is 503. The molecule has 20 heavy (non-hydrogen) atoms. The molecular weight excluding hydrogens is 255 g/mol. The molecule has 0 amide bonds. The van der Waals surface area contributed by atoms with E-state index < -0.39 is 0 Å². The maximum atomic E-state index is 13.8. The Hall–Kier alpha value is -1.23. The van der Waals surface area contributed by atoms with Crippen LogP contribution in [0.25, 0.3) is 0 Å². The van der Waals surface area contributed by atoms with Gasteiger partial charge in [-0.1, -0.05) is 0 Å².